The van der Waals surface area contributed by atoms with Gasteiger partial charge in [0.15, 0.2) is 0 Å². The number of nitrogens with zero attached hydrogens (tertiary/aromatic N) is 4. The number of nitrogens with one attached hydrogen (secondary N) is 1. The van der Waals surface area contributed by atoms with E-state index in [-0.39, 0.29) is 4.90 Å². The van der Waals surface area contributed by atoms with E-state index in [0.29, 0.717) is 24.0 Å². The first kappa shape index (κ1) is 16.1. The van der Waals surface area contributed by atoms with E-state index >= 15 is 0 Å². The normalized spacial score (nSPS) is 12.2. The van der Waals surface area contributed by atoms with E-state index in [2.05, 4.69) is 18.5 Å². The van der Waals surface area contributed by atoms with Gasteiger partial charge in [-0.3, -0.25) is 0 Å². The van der Waals surface area contributed by atoms with Crippen LogP contribution in [0.15, 0.2) is 47.6 Å². The van der Waals surface area contributed by atoms with Crippen molar-refractivity contribution < 1.29 is 8.42 Å². The van der Waals surface area contributed by atoms with Gasteiger partial charge < -0.3 is 4.57 Å². The molecule has 0 unspecified atom stereocenters. The lowest BCUT2D eigenvalue weighted by Gasteiger charge is -2.06. The van der Waals surface area contributed by atoms with E-state index in [1.54, 1.807) is 24.4 Å². The smallest absolute Gasteiger partial charge is 0.242 e. The van der Waals surface area contributed by atoms with Gasteiger partial charge in [0.25, 0.3) is 0 Å². The Morgan fingerprint density at radius 1 is 1.20 bits per heavy atom. The molecule has 1 aromatic carbocycles. The quantitative estimate of drug-likeness (QED) is 0.579. The average Bonchev–Trinajstić information content (AvgIpc) is 3.20. The minimum atomic E-state index is -3.64. The van der Waals surface area contributed by atoms with Crippen LogP contribution in [0.3, 0.4) is 0 Å². The van der Waals surface area contributed by atoms with Gasteiger partial charge in [-0.1, -0.05) is 6.07 Å². The fourth-order valence-electron chi connectivity index (χ4n) is 2.89. The van der Waals surface area contributed by atoms with Crippen LogP contribution in [0.1, 0.15) is 5.56 Å². The van der Waals surface area contributed by atoms with Crippen molar-refractivity contribution in [3.63, 3.8) is 0 Å². The second-order valence-electron chi connectivity index (χ2n) is 5.68. The van der Waals surface area contributed by atoms with Crippen molar-refractivity contribution in [2.24, 2.45) is 7.05 Å². The van der Waals surface area contributed by atoms with Gasteiger partial charge in [-0.05, 0) is 36.2 Å². The second kappa shape index (κ2) is 6.17. The Kier molecular flexibility index (Phi) is 3.98. The Balaban J connectivity index is 1.55. The largest absolute Gasteiger partial charge is 0.335 e. The molecule has 3 aromatic heterocycles. The summed E-state index contributed by atoms with van der Waals surface area (Å²) in [6.07, 6.45) is 4.31. The third-order valence-electron chi connectivity index (χ3n) is 4.04. The van der Waals surface area contributed by atoms with Gasteiger partial charge in [0.2, 0.25) is 10.0 Å². The summed E-state index contributed by atoms with van der Waals surface area (Å²) in [6.45, 7) is 0.296. The van der Waals surface area contributed by atoms with Gasteiger partial charge in [-0.2, -0.15) is 8.75 Å². The minimum absolute atomic E-state index is 0.165. The topological polar surface area (TPSA) is 89.8 Å². The predicted molar refractivity (Wildman–Crippen MR) is 97.0 cm³/mol. The standard InChI is InChI=1S/C16H15N5O2S2/c1-21-10-11(12-4-3-8-17-16(12)21)7-9-18-25(22,23)14-6-2-5-13-15(14)20-24-19-13/h2-6,8,10,18H,7,9H2,1H3. The van der Waals surface area contributed by atoms with Gasteiger partial charge in [0.05, 0.1) is 11.7 Å². The maximum atomic E-state index is 12.6. The zero-order valence-electron chi connectivity index (χ0n) is 13.4. The molecule has 0 fully saturated rings. The predicted octanol–water partition coefficient (Wildman–Crippen LogP) is 2.10. The summed E-state index contributed by atoms with van der Waals surface area (Å²) >= 11 is 1.01. The molecule has 0 saturated carbocycles. The number of sulfonamides is 1. The van der Waals surface area contributed by atoms with Crippen LogP contribution in [0.2, 0.25) is 0 Å². The summed E-state index contributed by atoms with van der Waals surface area (Å²) in [4.78, 5) is 4.51. The number of pyridine rings is 1. The summed E-state index contributed by atoms with van der Waals surface area (Å²) < 4.78 is 38.0. The highest BCUT2D eigenvalue weighted by atomic mass is 32.2. The van der Waals surface area contributed by atoms with Crippen molar-refractivity contribution in [3.8, 4) is 0 Å². The Hall–Kier alpha value is -2.36. The zero-order valence-corrected chi connectivity index (χ0v) is 15.0. The molecular formula is C16H15N5O2S2. The molecule has 0 spiro atoms. The number of aryl methyl sites for hydroxylation is 1. The molecule has 0 radical (unpaired) electrons. The van der Waals surface area contributed by atoms with Gasteiger partial charge in [-0.25, -0.2) is 18.1 Å². The van der Waals surface area contributed by atoms with Crippen molar-refractivity contribution >= 4 is 43.8 Å². The van der Waals surface area contributed by atoms with Crippen LogP contribution in [0, 0.1) is 0 Å². The van der Waals surface area contributed by atoms with Crippen LogP contribution >= 0.6 is 11.7 Å². The van der Waals surface area contributed by atoms with Gasteiger partial charge in [-0.15, -0.1) is 0 Å². The Labute approximate surface area is 148 Å². The molecule has 4 aromatic rings. The molecule has 0 aliphatic rings. The number of benzene rings is 1. The van der Waals surface area contributed by atoms with Crippen LogP contribution in [-0.4, -0.2) is 33.3 Å². The fourth-order valence-corrected chi connectivity index (χ4v) is 4.68. The molecule has 1 N–H and O–H groups in total. The number of aromatic nitrogens is 4. The number of rotatable bonds is 5. The van der Waals surface area contributed by atoms with Crippen molar-refractivity contribution in [2.75, 3.05) is 6.54 Å². The third-order valence-corrected chi connectivity index (χ3v) is 6.08. The number of hydrogen-bond acceptors (Lipinski definition) is 6. The maximum absolute atomic E-state index is 12.6. The summed E-state index contributed by atoms with van der Waals surface area (Å²) in [6, 6.07) is 8.85. The van der Waals surface area contributed by atoms with Crippen LogP contribution in [0.5, 0.6) is 0 Å². The second-order valence-corrected chi connectivity index (χ2v) is 7.94. The molecule has 0 aliphatic heterocycles. The van der Waals surface area contributed by atoms with Gasteiger partial charge >= 0.3 is 0 Å². The van der Waals surface area contributed by atoms with Crippen molar-refractivity contribution in [1.29, 1.82) is 0 Å². The summed E-state index contributed by atoms with van der Waals surface area (Å²) in [5.41, 5.74) is 2.95. The molecule has 4 rings (SSSR count). The van der Waals surface area contributed by atoms with Crippen molar-refractivity contribution in [3.05, 3.63) is 48.3 Å². The number of fused-ring (bicyclic) bond motifs is 2. The first-order valence-electron chi connectivity index (χ1n) is 7.66. The first-order valence-corrected chi connectivity index (χ1v) is 9.87. The average molecular weight is 373 g/mol. The SMILES string of the molecule is Cn1cc(CCNS(=O)(=O)c2cccc3nsnc23)c2cccnc21. The van der Waals surface area contributed by atoms with Crippen molar-refractivity contribution in [2.45, 2.75) is 11.3 Å². The fraction of sp³-hybridized carbons (Fsp3) is 0.188. The molecule has 3 heterocycles. The lowest BCUT2D eigenvalue weighted by atomic mass is 10.2. The first-order chi connectivity index (χ1) is 12.1. The molecule has 0 aliphatic carbocycles. The number of hydrogen-bond donors (Lipinski definition) is 1. The van der Waals surface area contributed by atoms with Crippen LogP contribution in [0.4, 0.5) is 0 Å². The lowest BCUT2D eigenvalue weighted by Crippen LogP contribution is -2.26. The molecule has 0 atom stereocenters. The van der Waals surface area contributed by atoms with Crippen LogP contribution in [-0.2, 0) is 23.5 Å². The minimum Gasteiger partial charge on any atom is -0.335 e. The monoisotopic (exact) mass is 373 g/mol. The highest BCUT2D eigenvalue weighted by Gasteiger charge is 2.19. The van der Waals surface area contributed by atoms with Crippen LogP contribution < -0.4 is 4.72 Å². The van der Waals surface area contributed by atoms with Crippen LogP contribution in [0.25, 0.3) is 22.1 Å². The van der Waals surface area contributed by atoms with Gasteiger partial charge in [0, 0.05) is 31.4 Å². The Bertz CT molecular complexity index is 1160. The van der Waals surface area contributed by atoms with Crippen molar-refractivity contribution in [1.82, 2.24) is 23.0 Å². The molecule has 0 amide bonds. The zero-order chi connectivity index (χ0) is 17.4. The van der Waals surface area contributed by atoms with Gasteiger partial charge in [0.1, 0.15) is 21.6 Å². The Morgan fingerprint density at radius 2 is 2.08 bits per heavy atom. The molecule has 128 valence electrons. The summed E-state index contributed by atoms with van der Waals surface area (Å²) in [5.74, 6) is 0. The van der Waals surface area contributed by atoms with E-state index in [0.717, 1.165) is 28.3 Å². The highest BCUT2D eigenvalue weighted by molar-refractivity contribution is 7.89. The van der Waals surface area contributed by atoms with E-state index in [9.17, 15) is 8.42 Å². The highest BCUT2D eigenvalue weighted by Crippen LogP contribution is 2.21. The van der Waals surface area contributed by atoms with E-state index in [1.165, 1.54) is 0 Å². The summed E-state index contributed by atoms with van der Waals surface area (Å²) in [5, 5.41) is 1.04. The maximum Gasteiger partial charge on any atom is 0.242 e. The molecule has 7 nitrogen and oxygen atoms in total. The lowest BCUT2D eigenvalue weighted by molar-refractivity contribution is 0.582. The van der Waals surface area contributed by atoms with E-state index in [1.807, 2.05) is 29.9 Å². The van der Waals surface area contributed by atoms with E-state index < -0.39 is 10.0 Å². The molecule has 0 bridgehead atoms. The Morgan fingerprint density at radius 3 is 2.96 bits per heavy atom. The third kappa shape index (κ3) is 2.90. The molecular weight excluding hydrogens is 358 g/mol. The molecule has 0 saturated heterocycles. The molecule has 25 heavy (non-hydrogen) atoms. The summed E-state index contributed by atoms with van der Waals surface area (Å²) in [7, 11) is -1.71. The van der Waals surface area contributed by atoms with E-state index in [4.69, 9.17) is 0 Å². The molecule has 9 heteroatoms.